The van der Waals surface area contributed by atoms with Gasteiger partial charge in [0, 0.05) is 11.9 Å². The Kier molecular flexibility index (Phi) is 4.06. The molecule has 0 spiro atoms. The molecule has 7 nitrogen and oxygen atoms in total. The number of aliphatic carboxylic acids is 1. The highest BCUT2D eigenvalue weighted by molar-refractivity contribution is 5.82. The van der Waals surface area contributed by atoms with Crippen molar-refractivity contribution in [1.29, 1.82) is 0 Å². The van der Waals surface area contributed by atoms with Gasteiger partial charge < -0.3 is 14.7 Å². The summed E-state index contributed by atoms with van der Waals surface area (Å²) in [5.41, 5.74) is 0.888. The number of carboxylic acids is 1. The Morgan fingerprint density at radius 2 is 2.18 bits per heavy atom. The number of amides is 1. The molecule has 0 saturated carbocycles. The summed E-state index contributed by atoms with van der Waals surface area (Å²) in [5.74, 6) is -1.07. The Labute approximate surface area is 127 Å². The highest BCUT2D eigenvalue weighted by Gasteiger charge is 2.29. The zero-order valence-electron chi connectivity index (χ0n) is 12.0. The Morgan fingerprint density at radius 3 is 3.00 bits per heavy atom. The number of rotatable bonds is 4. The molecule has 2 aromatic rings. The number of ether oxygens (including phenoxy) is 1. The highest BCUT2D eigenvalue weighted by atomic mass is 16.5. The lowest BCUT2D eigenvalue weighted by molar-refractivity contribution is -0.146. The normalized spacial score (nSPS) is 18.5. The van der Waals surface area contributed by atoms with Crippen LogP contribution in [0.2, 0.25) is 0 Å². The van der Waals surface area contributed by atoms with Gasteiger partial charge in [-0.2, -0.15) is 5.10 Å². The molecule has 0 aliphatic carbocycles. The van der Waals surface area contributed by atoms with E-state index >= 15 is 0 Å². The van der Waals surface area contributed by atoms with Crippen LogP contribution in [0, 0.1) is 0 Å². The third-order valence-corrected chi connectivity index (χ3v) is 3.79. The fraction of sp³-hybridized carbons (Fsp3) is 0.400. The summed E-state index contributed by atoms with van der Waals surface area (Å²) in [4.78, 5) is 25.0. The van der Waals surface area contributed by atoms with Crippen LogP contribution >= 0.6 is 0 Å². The smallest absolute Gasteiger partial charge is 0.305 e. The molecule has 1 fully saturated rings. The van der Waals surface area contributed by atoms with E-state index in [4.69, 9.17) is 9.84 Å². The number of para-hydroxylation sites is 1. The van der Waals surface area contributed by atoms with Gasteiger partial charge in [0.05, 0.1) is 37.4 Å². The molecule has 1 aromatic heterocycles. The van der Waals surface area contributed by atoms with Crippen LogP contribution < -0.4 is 0 Å². The van der Waals surface area contributed by atoms with E-state index in [0.29, 0.717) is 13.2 Å². The van der Waals surface area contributed by atoms with Crippen LogP contribution in [0.15, 0.2) is 30.5 Å². The lowest BCUT2D eigenvalue weighted by Gasteiger charge is -2.34. The molecule has 0 radical (unpaired) electrons. The topological polar surface area (TPSA) is 84.7 Å². The van der Waals surface area contributed by atoms with Gasteiger partial charge in [0.15, 0.2) is 0 Å². The minimum Gasteiger partial charge on any atom is -0.481 e. The molecule has 22 heavy (non-hydrogen) atoms. The standard InChI is InChI=1S/C15H17N3O4/c19-14(17-5-6-22-10-12(17)7-15(20)21)9-18-13-4-2-1-3-11(13)8-16-18/h1-4,8,12H,5-7,9-10H2,(H,20,21). The number of hydrogen-bond acceptors (Lipinski definition) is 4. The minimum atomic E-state index is -0.933. The van der Waals surface area contributed by atoms with Gasteiger partial charge in [0.1, 0.15) is 6.54 Å². The molecule has 1 N–H and O–H groups in total. The van der Waals surface area contributed by atoms with Crippen molar-refractivity contribution in [2.75, 3.05) is 19.8 Å². The average molecular weight is 303 g/mol. The maximum Gasteiger partial charge on any atom is 0.305 e. The monoisotopic (exact) mass is 303 g/mol. The number of hydrogen-bond donors (Lipinski definition) is 1. The van der Waals surface area contributed by atoms with Gasteiger partial charge in [-0.3, -0.25) is 14.3 Å². The molecule has 1 amide bonds. The number of aromatic nitrogens is 2. The largest absolute Gasteiger partial charge is 0.481 e. The Hall–Kier alpha value is -2.41. The molecule has 1 atom stereocenters. The van der Waals surface area contributed by atoms with Crippen molar-refractivity contribution in [3.05, 3.63) is 30.5 Å². The van der Waals surface area contributed by atoms with Crippen LogP contribution in [0.5, 0.6) is 0 Å². The van der Waals surface area contributed by atoms with Crippen molar-refractivity contribution in [2.24, 2.45) is 0 Å². The quantitative estimate of drug-likeness (QED) is 0.900. The molecular weight excluding hydrogens is 286 g/mol. The van der Waals surface area contributed by atoms with E-state index in [1.807, 2.05) is 24.3 Å². The summed E-state index contributed by atoms with van der Waals surface area (Å²) >= 11 is 0. The van der Waals surface area contributed by atoms with Crippen LogP contribution in [-0.2, 0) is 20.9 Å². The second kappa shape index (κ2) is 6.15. The number of carbonyl (C=O) groups is 2. The van der Waals surface area contributed by atoms with Gasteiger partial charge >= 0.3 is 5.97 Å². The molecular formula is C15H17N3O4. The number of morpholine rings is 1. The van der Waals surface area contributed by atoms with Crippen molar-refractivity contribution >= 4 is 22.8 Å². The van der Waals surface area contributed by atoms with Crippen LogP contribution in [0.4, 0.5) is 0 Å². The summed E-state index contributed by atoms with van der Waals surface area (Å²) in [6.45, 7) is 1.21. The lowest BCUT2D eigenvalue weighted by Crippen LogP contribution is -2.50. The van der Waals surface area contributed by atoms with Gasteiger partial charge in [-0.25, -0.2) is 0 Å². The first-order valence-electron chi connectivity index (χ1n) is 7.14. The number of fused-ring (bicyclic) bond motifs is 1. The van der Waals surface area contributed by atoms with Gasteiger partial charge in [-0.15, -0.1) is 0 Å². The molecule has 1 unspecified atom stereocenters. The highest BCUT2D eigenvalue weighted by Crippen LogP contribution is 2.15. The van der Waals surface area contributed by atoms with Crippen molar-refractivity contribution in [1.82, 2.24) is 14.7 Å². The van der Waals surface area contributed by atoms with E-state index in [1.54, 1.807) is 15.8 Å². The van der Waals surface area contributed by atoms with Gasteiger partial charge in [0.2, 0.25) is 5.91 Å². The van der Waals surface area contributed by atoms with E-state index in [9.17, 15) is 9.59 Å². The maximum absolute atomic E-state index is 12.5. The Balaban J connectivity index is 1.76. The number of benzene rings is 1. The Bertz CT molecular complexity index is 697. The van der Waals surface area contributed by atoms with Crippen molar-refractivity contribution in [3.8, 4) is 0 Å². The summed E-state index contributed by atoms with van der Waals surface area (Å²) < 4.78 is 6.93. The first kappa shape index (κ1) is 14.5. The number of carboxylic acid groups (broad SMARTS) is 1. The number of carbonyl (C=O) groups excluding carboxylic acids is 1. The summed E-state index contributed by atoms with van der Waals surface area (Å²) in [7, 11) is 0. The number of nitrogens with zero attached hydrogens (tertiary/aromatic N) is 3. The van der Waals surface area contributed by atoms with Crippen LogP contribution in [-0.4, -0.2) is 57.5 Å². The van der Waals surface area contributed by atoms with Crippen LogP contribution in [0.1, 0.15) is 6.42 Å². The second-order valence-electron chi connectivity index (χ2n) is 5.27. The van der Waals surface area contributed by atoms with Crippen molar-refractivity contribution in [3.63, 3.8) is 0 Å². The van der Waals surface area contributed by atoms with Crippen molar-refractivity contribution < 1.29 is 19.4 Å². The first-order chi connectivity index (χ1) is 10.6. The molecule has 2 heterocycles. The van der Waals surface area contributed by atoms with Gasteiger partial charge in [0.25, 0.3) is 0 Å². The molecule has 1 aliphatic rings. The SMILES string of the molecule is O=C(O)CC1COCCN1C(=O)Cn1ncc2ccccc21. The zero-order chi connectivity index (χ0) is 15.5. The predicted octanol–water partition coefficient (Wildman–Crippen LogP) is 0.738. The third kappa shape index (κ3) is 2.94. The minimum absolute atomic E-state index is 0.101. The van der Waals surface area contributed by atoms with Gasteiger partial charge in [-0.1, -0.05) is 18.2 Å². The molecule has 7 heteroatoms. The lowest BCUT2D eigenvalue weighted by atomic mass is 10.1. The van der Waals surface area contributed by atoms with Gasteiger partial charge in [-0.05, 0) is 6.07 Å². The van der Waals surface area contributed by atoms with E-state index in [-0.39, 0.29) is 25.5 Å². The molecule has 0 bridgehead atoms. The molecule has 1 aliphatic heterocycles. The molecule has 3 rings (SSSR count). The first-order valence-corrected chi connectivity index (χ1v) is 7.14. The summed E-state index contributed by atoms with van der Waals surface area (Å²) in [6.07, 6.45) is 1.61. The Morgan fingerprint density at radius 1 is 1.36 bits per heavy atom. The van der Waals surface area contributed by atoms with Crippen LogP contribution in [0.25, 0.3) is 10.9 Å². The van der Waals surface area contributed by atoms with E-state index in [0.717, 1.165) is 10.9 Å². The van der Waals surface area contributed by atoms with Crippen LogP contribution in [0.3, 0.4) is 0 Å². The summed E-state index contributed by atoms with van der Waals surface area (Å²) in [6, 6.07) is 7.24. The average Bonchev–Trinajstić information content (AvgIpc) is 2.90. The molecule has 1 saturated heterocycles. The van der Waals surface area contributed by atoms with E-state index in [1.165, 1.54) is 0 Å². The van der Waals surface area contributed by atoms with E-state index in [2.05, 4.69) is 5.10 Å². The second-order valence-corrected chi connectivity index (χ2v) is 5.27. The zero-order valence-corrected chi connectivity index (χ0v) is 12.0. The predicted molar refractivity (Wildman–Crippen MR) is 78.3 cm³/mol. The molecule has 116 valence electrons. The summed E-state index contributed by atoms with van der Waals surface area (Å²) in [5, 5.41) is 14.2. The molecule has 1 aromatic carbocycles. The fourth-order valence-corrected chi connectivity index (χ4v) is 2.72. The van der Waals surface area contributed by atoms with E-state index < -0.39 is 12.0 Å². The fourth-order valence-electron chi connectivity index (χ4n) is 2.72. The third-order valence-electron chi connectivity index (χ3n) is 3.79. The maximum atomic E-state index is 12.5. The van der Waals surface area contributed by atoms with Crippen molar-refractivity contribution in [2.45, 2.75) is 19.0 Å².